The summed E-state index contributed by atoms with van der Waals surface area (Å²) >= 11 is 2.25. The van der Waals surface area contributed by atoms with E-state index in [1.165, 1.54) is 62.9 Å². The van der Waals surface area contributed by atoms with Gasteiger partial charge in [0.2, 0.25) is 0 Å². The van der Waals surface area contributed by atoms with Gasteiger partial charge in [-0.1, -0.05) is 6.92 Å². The average Bonchev–Trinajstić information content (AvgIpc) is 2.21. The second-order valence-corrected chi connectivity index (χ2v) is 4.17. The Balaban J connectivity index is 2.94. The Hall–Kier alpha value is 0.337. The third-order valence-electron chi connectivity index (χ3n) is 2.62. The summed E-state index contributed by atoms with van der Waals surface area (Å²) in [4.78, 5) is 0. The monoisotopic (exact) mass is 188 g/mol. The predicted octanol–water partition coefficient (Wildman–Crippen LogP) is 4.66. The quantitative estimate of drug-likeness (QED) is 0.266. The van der Waals surface area contributed by atoms with Crippen molar-refractivity contribution in [3.8, 4) is 0 Å². The van der Waals surface area contributed by atoms with Gasteiger partial charge in [-0.3, -0.25) is 0 Å². The van der Waals surface area contributed by atoms with Crippen LogP contribution >= 0.6 is 0 Å². The Labute approximate surface area is 99.8 Å². The van der Waals surface area contributed by atoms with Crippen LogP contribution in [0.15, 0.2) is 12.2 Å². The molecule has 0 N–H and O–H groups in total. The zero-order valence-electron chi connectivity index (χ0n) is 10.2. The summed E-state index contributed by atoms with van der Waals surface area (Å²) in [5.41, 5.74) is 0. The molecule has 0 saturated heterocycles. The van der Waals surface area contributed by atoms with Gasteiger partial charge in [0, 0.05) is 0 Å². The molecule has 0 aliphatic heterocycles. The molecule has 0 aromatic rings. The van der Waals surface area contributed by atoms with Crippen LogP contribution in [0.4, 0.5) is 0 Å². The van der Waals surface area contributed by atoms with Gasteiger partial charge in [0.25, 0.3) is 0 Å². The molecule has 78 valence electrons. The summed E-state index contributed by atoms with van der Waals surface area (Å²) < 4.78 is 0. The van der Waals surface area contributed by atoms with E-state index in [0.29, 0.717) is 0 Å². The van der Waals surface area contributed by atoms with Crippen LogP contribution in [0, 0.1) is 0 Å². The van der Waals surface area contributed by atoms with Crippen LogP contribution in [0.2, 0.25) is 5.09 Å². The third kappa shape index (κ3) is 12.3. The average molecular weight is 188 g/mol. The Bertz CT molecular complexity index is 118. The summed E-state index contributed by atoms with van der Waals surface area (Å²) in [6, 6.07) is 0. The van der Waals surface area contributed by atoms with E-state index in [0.717, 1.165) is 0 Å². The van der Waals surface area contributed by atoms with Crippen LogP contribution < -0.4 is 0 Å². The van der Waals surface area contributed by atoms with Gasteiger partial charge in [-0.25, -0.2) is 0 Å². The van der Waals surface area contributed by atoms with E-state index in [4.69, 9.17) is 0 Å². The molecule has 0 aliphatic carbocycles. The van der Waals surface area contributed by atoms with Crippen LogP contribution in [-0.2, 0) is 0 Å². The Morgan fingerprint density at radius 2 is 1.36 bits per heavy atom. The van der Waals surface area contributed by atoms with E-state index in [1.54, 1.807) is 0 Å². The molecule has 0 radical (unpaired) electrons. The minimum absolute atomic E-state index is 1.28. The molecule has 0 fully saturated rings. The molecule has 0 unspecified atom stereocenters. The van der Waals surface area contributed by atoms with Crippen molar-refractivity contribution in [2.45, 2.75) is 69.8 Å². The fourth-order valence-corrected chi connectivity index (χ4v) is 1.60. The molecule has 0 saturated carbocycles. The molecule has 0 amide bonds. The smallest absolute Gasteiger partial charge is 0.0654 e. The molecule has 0 spiro atoms. The summed E-state index contributed by atoms with van der Waals surface area (Å²) in [6.45, 7) is 2.27. The van der Waals surface area contributed by atoms with E-state index < -0.39 is 0 Å². The molecule has 0 rings (SSSR count). The second kappa shape index (κ2) is 13.3. The Morgan fingerprint density at radius 3 is 2.00 bits per heavy atom. The van der Waals surface area contributed by atoms with Gasteiger partial charge in [-0.2, -0.15) is 0 Å². The number of allylic oxidation sites excluding steroid dienone is 2. The fourth-order valence-electron chi connectivity index (χ4n) is 1.60. The summed E-state index contributed by atoms with van der Waals surface area (Å²) in [6.07, 6.45) is 17.2. The first-order valence-corrected chi connectivity index (χ1v) is 6.56. The molecule has 0 aliphatic rings. The van der Waals surface area contributed by atoms with Gasteiger partial charge < -0.3 is 0 Å². The fraction of sp³-hybridized carbons (Fsp3) is 0.846. The van der Waals surface area contributed by atoms with Gasteiger partial charge in [0.1, 0.15) is 0 Å². The van der Waals surface area contributed by atoms with Gasteiger partial charge in [0.05, 0.1) is 0 Å². The first-order chi connectivity index (χ1) is 6.91. The van der Waals surface area contributed by atoms with Gasteiger partial charge in [0.15, 0.2) is 0 Å². The molecule has 0 aromatic heterocycles. The maximum absolute atomic E-state index is 2.37. The number of hydrogen-bond donors (Lipinski definition) is 0. The normalized spacial score (nSPS) is 11.4. The molecule has 0 heterocycles. The van der Waals surface area contributed by atoms with Crippen LogP contribution in [-0.4, -0.2) is 17.7 Å². The number of hydrogen-bond acceptors (Lipinski definition) is 0. The standard InChI is InChI=1S/C13H25.Li/c1-3-5-7-9-11-13-12-10-8-6-4-2;/h7,9H,1,3-6,8,10-13H2,2H3;. The van der Waals surface area contributed by atoms with E-state index in [1.807, 2.05) is 0 Å². The molecular formula is C13H25Li. The molecule has 1 heteroatoms. The van der Waals surface area contributed by atoms with E-state index >= 15 is 0 Å². The molecule has 0 bridgehead atoms. The molecular weight excluding hydrogens is 163 g/mol. The van der Waals surface area contributed by atoms with Crippen molar-refractivity contribution in [1.82, 2.24) is 0 Å². The molecule has 0 aromatic carbocycles. The zero-order chi connectivity index (χ0) is 10.5. The van der Waals surface area contributed by atoms with E-state index in [-0.39, 0.29) is 0 Å². The van der Waals surface area contributed by atoms with Crippen LogP contribution in [0.25, 0.3) is 0 Å². The van der Waals surface area contributed by atoms with Crippen molar-refractivity contribution in [2.75, 3.05) is 0 Å². The predicted molar refractivity (Wildman–Crippen MR) is 66.9 cm³/mol. The molecule has 14 heavy (non-hydrogen) atoms. The van der Waals surface area contributed by atoms with Gasteiger partial charge in [-0.15, -0.1) is 0 Å². The first kappa shape index (κ1) is 14.3. The Morgan fingerprint density at radius 1 is 0.786 bits per heavy atom. The summed E-state index contributed by atoms with van der Waals surface area (Å²) in [5, 5.41) is 1.32. The Kier molecular flexibility index (Phi) is 13.7. The number of unbranched alkanes of at least 4 members (excludes halogenated alkanes) is 7. The van der Waals surface area contributed by atoms with Gasteiger partial charge >= 0.3 is 92.7 Å². The van der Waals surface area contributed by atoms with E-state index in [2.05, 4.69) is 36.8 Å². The number of rotatable bonds is 10. The first-order valence-electron chi connectivity index (χ1n) is 6.56. The minimum Gasteiger partial charge on any atom is -0.0654 e. The molecule has 0 nitrogen and oxygen atoms in total. The topological polar surface area (TPSA) is 0 Å². The van der Waals surface area contributed by atoms with E-state index in [9.17, 15) is 0 Å². The van der Waals surface area contributed by atoms with Crippen molar-refractivity contribution >= 4 is 17.7 Å². The third-order valence-corrected chi connectivity index (χ3v) is 2.62. The maximum atomic E-state index is 2.37. The van der Waals surface area contributed by atoms with Crippen LogP contribution in [0.5, 0.6) is 0 Å². The van der Waals surface area contributed by atoms with Crippen LogP contribution in [0.1, 0.15) is 64.7 Å². The molecule has 0 atom stereocenters. The van der Waals surface area contributed by atoms with Crippen LogP contribution in [0.3, 0.4) is 0 Å². The van der Waals surface area contributed by atoms with Crippen molar-refractivity contribution in [3.05, 3.63) is 12.2 Å². The SMILES string of the molecule is [Li][CH2]CCC=CCCCCCCCC. The summed E-state index contributed by atoms with van der Waals surface area (Å²) in [5.74, 6) is 0. The zero-order valence-corrected chi connectivity index (χ0v) is 10.2. The minimum atomic E-state index is 1.28. The summed E-state index contributed by atoms with van der Waals surface area (Å²) in [7, 11) is 0. The van der Waals surface area contributed by atoms with Gasteiger partial charge in [-0.05, 0) is 0 Å². The van der Waals surface area contributed by atoms with Crippen molar-refractivity contribution < 1.29 is 0 Å². The van der Waals surface area contributed by atoms with Crippen molar-refractivity contribution in [3.63, 3.8) is 0 Å². The van der Waals surface area contributed by atoms with Crippen molar-refractivity contribution in [1.29, 1.82) is 0 Å². The second-order valence-electron chi connectivity index (χ2n) is 4.17. The van der Waals surface area contributed by atoms with Crippen molar-refractivity contribution in [2.24, 2.45) is 0 Å².